The monoisotopic (exact) mass is 510 g/mol. The van der Waals surface area contributed by atoms with Crippen LogP contribution in [0.5, 0.6) is 5.75 Å². The van der Waals surface area contributed by atoms with E-state index in [0.29, 0.717) is 22.5 Å². The Labute approximate surface area is 200 Å². The van der Waals surface area contributed by atoms with Gasteiger partial charge in [-0.2, -0.15) is 0 Å². The molecule has 2 aromatic carbocycles. The van der Waals surface area contributed by atoms with Gasteiger partial charge in [0.05, 0.1) is 24.2 Å². The minimum absolute atomic E-state index is 0.335. The molecular formula is C23H19F5N4O4. The van der Waals surface area contributed by atoms with E-state index in [0.717, 1.165) is 27.7 Å². The highest BCUT2D eigenvalue weighted by atomic mass is 19.4. The van der Waals surface area contributed by atoms with Gasteiger partial charge in [0, 0.05) is 24.1 Å². The summed E-state index contributed by atoms with van der Waals surface area (Å²) in [7, 11) is 0. The molecule has 0 aliphatic carbocycles. The van der Waals surface area contributed by atoms with Crippen LogP contribution in [0.3, 0.4) is 0 Å². The summed E-state index contributed by atoms with van der Waals surface area (Å²) in [5.41, 5.74) is 5.62. The number of carbonyl (C=O) groups excluding carboxylic acids is 3. The molecule has 0 saturated carbocycles. The number of carbonyl (C=O) groups is 3. The third-order valence-electron chi connectivity index (χ3n) is 5.70. The lowest BCUT2D eigenvalue weighted by molar-refractivity contribution is -0.274. The number of hydrogen-bond donors (Lipinski definition) is 1. The number of anilines is 1. The Kier molecular flexibility index (Phi) is 6.57. The topological polar surface area (TPSA) is 97.9 Å². The van der Waals surface area contributed by atoms with Gasteiger partial charge in [0.15, 0.2) is 0 Å². The van der Waals surface area contributed by atoms with Crippen LogP contribution in [0.1, 0.15) is 12.0 Å². The molecule has 4 rings (SSSR count). The van der Waals surface area contributed by atoms with Gasteiger partial charge in [0.1, 0.15) is 18.0 Å². The van der Waals surface area contributed by atoms with Gasteiger partial charge in [-0.25, -0.2) is 9.18 Å². The molecule has 2 N–H and O–H groups in total. The third kappa shape index (κ3) is 5.09. The van der Waals surface area contributed by atoms with E-state index in [2.05, 4.69) is 4.74 Å². The fraction of sp³-hybridized carbons (Fsp3) is 0.261. The first kappa shape index (κ1) is 24.9. The standard InChI is InChI=1S/C23H19F5N4O4/c24-14-9-19(21(34)32(28)15-4-3-5-16(10-15)36-23(25,26)27)30(12-14)20(33)8-13-11-31(22(29)35)18-7-2-1-6-17(13)18/h1-7,10-11,14,19H,8-9,12H2,(H2,29,35)/t14-,19+/m1/s1. The molecule has 0 radical (unpaired) electrons. The molecule has 1 fully saturated rings. The van der Waals surface area contributed by atoms with Crippen LogP contribution in [0, 0.1) is 0 Å². The average molecular weight is 510 g/mol. The Bertz CT molecular complexity index is 1330. The van der Waals surface area contributed by atoms with E-state index in [1.54, 1.807) is 24.3 Å². The van der Waals surface area contributed by atoms with Gasteiger partial charge < -0.3 is 15.4 Å². The molecule has 1 aromatic heterocycles. The minimum atomic E-state index is -5.03. The number of rotatable bonds is 5. The molecule has 36 heavy (non-hydrogen) atoms. The number of likely N-dealkylation sites (tertiary alicyclic amines) is 1. The van der Waals surface area contributed by atoms with Crippen molar-refractivity contribution in [1.29, 1.82) is 0 Å². The number of primary amides is 1. The van der Waals surface area contributed by atoms with E-state index in [4.69, 9.17) is 5.73 Å². The first-order valence-corrected chi connectivity index (χ1v) is 10.6. The molecule has 0 unspecified atom stereocenters. The Morgan fingerprint density at radius 2 is 1.83 bits per heavy atom. The van der Waals surface area contributed by atoms with E-state index in [1.165, 1.54) is 6.20 Å². The highest BCUT2D eigenvalue weighted by Crippen LogP contribution is 2.30. The van der Waals surface area contributed by atoms with E-state index < -0.39 is 65.9 Å². The van der Waals surface area contributed by atoms with Crippen molar-refractivity contribution >= 4 is 34.4 Å². The Balaban J connectivity index is 1.55. The summed E-state index contributed by atoms with van der Waals surface area (Å²) in [6.07, 6.45) is -6.12. The minimum Gasteiger partial charge on any atom is -0.406 e. The lowest BCUT2D eigenvalue weighted by Gasteiger charge is -2.25. The predicted molar refractivity (Wildman–Crippen MR) is 117 cm³/mol. The van der Waals surface area contributed by atoms with E-state index >= 15 is 0 Å². The number of ether oxygens (including phenoxy) is 1. The molecule has 0 spiro atoms. The average Bonchev–Trinajstić information content (AvgIpc) is 3.38. The summed E-state index contributed by atoms with van der Waals surface area (Å²) < 4.78 is 71.5. The highest BCUT2D eigenvalue weighted by molar-refractivity contribution is 5.99. The number of nitrogens with zero attached hydrogens (tertiary/aromatic N) is 3. The van der Waals surface area contributed by atoms with Crippen LogP contribution in [0.2, 0.25) is 0 Å². The smallest absolute Gasteiger partial charge is 0.406 e. The van der Waals surface area contributed by atoms with Crippen molar-refractivity contribution in [2.24, 2.45) is 5.73 Å². The molecule has 13 heteroatoms. The molecule has 8 nitrogen and oxygen atoms in total. The van der Waals surface area contributed by atoms with Gasteiger partial charge in [-0.1, -0.05) is 28.7 Å². The summed E-state index contributed by atoms with van der Waals surface area (Å²) in [6, 6.07) is 7.93. The van der Waals surface area contributed by atoms with Crippen molar-refractivity contribution in [1.82, 2.24) is 9.47 Å². The van der Waals surface area contributed by atoms with Gasteiger partial charge >= 0.3 is 12.4 Å². The normalized spacial score (nSPS) is 17.9. The van der Waals surface area contributed by atoms with Gasteiger partial charge in [-0.3, -0.25) is 14.2 Å². The van der Waals surface area contributed by atoms with Crippen molar-refractivity contribution in [3.63, 3.8) is 0 Å². The number of hydrogen-bond acceptors (Lipinski definition) is 4. The van der Waals surface area contributed by atoms with Crippen LogP contribution in [-0.2, 0) is 16.0 Å². The van der Waals surface area contributed by atoms with Gasteiger partial charge in [-0.15, -0.1) is 18.3 Å². The second-order valence-electron chi connectivity index (χ2n) is 8.12. The molecule has 2 heterocycles. The van der Waals surface area contributed by atoms with Gasteiger partial charge in [0.25, 0.3) is 5.91 Å². The maximum atomic E-state index is 14.9. The van der Waals surface area contributed by atoms with Crippen LogP contribution in [0.4, 0.5) is 32.5 Å². The second-order valence-corrected chi connectivity index (χ2v) is 8.12. The highest BCUT2D eigenvalue weighted by Gasteiger charge is 2.42. The largest absolute Gasteiger partial charge is 0.573 e. The van der Waals surface area contributed by atoms with Crippen molar-refractivity contribution < 1.29 is 41.2 Å². The number of nitrogens with two attached hydrogens (primary N) is 1. The van der Waals surface area contributed by atoms with Crippen LogP contribution < -0.4 is 15.6 Å². The number of para-hydroxylation sites is 1. The lowest BCUT2D eigenvalue weighted by Crippen LogP contribution is -2.46. The predicted octanol–water partition coefficient (Wildman–Crippen LogP) is 3.87. The van der Waals surface area contributed by atoms with E-state index in [1.807, 2.05) is 0 Å². The van der Waals surface area contributed by atoms with Crippen molar-refractivity contribution in [2.45, 2.75) is 31.4 Å². The summed E-state index contributed by atoms with van der Waals surface area (Å²) >= 11 is 0. The Morgan fingerprint density at radius 1 is 1.11 bits per heavy atom. The van der Waals surface area contributed by atoms with Crippen LogP contribution in [-0.4, -0.2) is 52.4 Å². The molecule has 0 bridgehead atoms. The first-order chi connectivity index (χ1) is 16.9. The van der Waals surface area contributed by atoms with Crippen molar-refractivity contribution in [3.05, 3.63) is 60.3 Å². The number of benzene rings is 2. The number of fused-ring (bicyclic) bond motifs is 1. The zero-order valence-corrected chi connectivity index (χ0v) is 18.4. The fourth-order valence-corrected chi connectivity index (χ4v) is 4.19. The summed E-state index contributed by atoms with van der Waals surface area (Å²) in [5.74, 6) is -2.79. The molecule has 1 aliphatic heterocycles. The molecule has 1 saturated heterocycles. The number of halogens is 5. The molecule has 1 aliphatic rings. The van der Waals surface area contributed by atoms with Crippen LogP contribution >= 0.6 is 0 Å². The molecular weight excluding hydrogens is 491 g/mol. The third-order valence-corrected chi connectivity index (χ3v) is 5.70. The number of amides is 3. The van der Waals surface area contributed by atoms with Crippen LogP contribution in [0.15, 0.2) is 54.7 Å². The molecule has 190 valence electrons. The zero-order valence-electron chi connectivity index (χ0n) is 18.4. The Hall–Kier alpha value is -4.16. The number of aromatic nitrogens is 1. The zero-order chi connectivity index (χ0) is 26.2. The lowest BCUT2D eigenvalue weighted by atomic mass is 10.1. The first-order valence-electron chi connectivity index (χ1n) is 10.6. The molecule has 2 atom stereocenters. The summed E-state index contributed by atoms with van der Waals surface area (Å²) in [4.78, 5) is 38.5. The summed E-state index contributed by atoms with van der Waals surface area (Å²) in [6.45, 7) is -0.477. The number of alkyl halides is 4. The fourth-order valence-electron chi connectivity index (χ4n) is 4.19. The van der Waals surface area contributed by atoms with Gasteiger partial charge in [-0.05, 0) is 23.8 Å². The second kappa shape index (κ2) is 9.47. The maximum Gasteiger partial charge on any atom is 0.573 e. The summed E-state index contributed by atoms with van der Waals surface area (Å²) in [5, 5.41) is 0.0997. The van der Waals surface area contributed by atoms with E-state index in [-0.39, 0.29) is 6.42 Å². The maximum absolute atomic E-state index is 14.9. The molecule has 3 aromatic rings. The van der Waals surface area contributed by atoms with E-state index in [9.17, 15) is 36.4 Å². The van der Waals surface area contributed by atoms with Crippen LogP contribution in [0.25, 0.3) is 10.9 Å². The van der Waals surface area contributed by atoms with Gasteiger partial charge in [0.2, 0.25) is 5.91 Å². The van der Waals surface area contributed by atoms with Crippen molar-refractivity contribution in [2.75, 3.05) is 11.7 Å². The van der Waals surface area contributed by atoms with Crippen molar-refractivity contribution in [3.8, 4) is 5.75 Å². The SMILES string of the molecule is NC(=O)n1cc(CC(=O)N2C[C@H](F)C[C@H]2C(=O)N(F)c2cccc(OC(F)(F)F)c2)c2ccccc21. The molecule has 3 amide bonds. The quantitative estimate of drug-likeness (QED) is 0.416. The Morgan fingerprint density at radius 3 is 2.53 bits per heavy atom.